The standard InChI is InChI=1S/C19H30N4O2S/c24-17(16-5-4-9-23(16)18-20-8-14-26-18)21-15-19(6-2-1-3-7-19)22-10-12-25-13-11-22/h8,14,16H,1-7,9-13,15H2,(H,21,24). The number of carbonyl (C=O) groups is 1. The van der Waals surface area contributed by atoms with Gasteiger partial charge in [-0.25, -0.2) is 4.98 Å². The zero-order valence-corrected chi connectivity index (χ0v) is 16.3. The Labute approximate surface area is 159 Å². The van der Waals surface area contributed by atoms with E-state index in [9.17, 15) is 4.79 Å². The van der Waals surface area contributed by atoms with Gasteiger partial charge in [0.2, 0.25) is 5.91 Å². The number of aromatic nitrogens is 1. The first-order valence-electron chi connectivity index (χ1n) is 10.1. The first kappa shape index (κ1) is 18.2. The van der Waals surface area contributed by atoms with Crippen molar-refractivity contribution < 1.29 is 9.53 Å². The lowest BCUT2D eigenvalue weighted by Crippen LogP contribution is -2.60. The van der Waals surface area contributed by atoms with Crippen molar-refractivity contribution in [1.29, 1.82) is 0 Å². The fourth-order valence-corrected chi connectivity index (χ4v) is 5.57. The van der Waals surface area contributed by atoms with E-state index >= 15 is 0 Å². The molecule has 7 heteroatoms. The van der Waals surface area contributed by atoms with Crippen LogP contribution in [-0.4, -0.2) is 66.8 Å². The monoisotopic (exact) mass is 378 g/mol. The van der Waals surface area contributed by atoms with Crippen LogP contribution in [-0.2, 0) is 9.53 Å². The van der Waals surface area contributed by atoms with Crippen molar-refractivity contribution in [2.24, 2.45) is 0 Å². The maximum Gasteiger partial charge on any atom is 0.242 e. The number of hydrogen-bond donors (Lipinski definition) is 1. The van der Waals surface area contributed by atoms with Crippen LogP contribution in [0.1, 0.15) is 44.9 Å². The summed E-state index contributed by atoms with van der Waals surface area (Å²) in [6.07, 6.45) is 10.0. The molecule has 1 unspecified atom stereocenters. The van der Waals surface area contributed by atoms with Gasteiger partial charge in [-0.1, -0.05) is 19.3 Å². The van der Waals surface area contributed by atoms with E-state index in [0.29, 0.717) is 0 Å². The van der Waals surface area contributed by atoms with Crippen LogP contribution in [0.2, 0.25) is 0 Å². The van der Waals surface area contributed by atoms with Gasteiger partial charge >= 0.3 is 0 Å². The molecule has 1 aromatic rings. The summed E-state index contributed by atoms with van der Waals surface area (Å²) in [5.74, 6) is 0.177. The van der Waals surface area contributed by atoms with Gasteiger partial charge < -0.3 is 15.0 Å². The molecule has 1 aliphatic carbocycles. The smallest absolute Gasteiger partial charge is 0.242 e. The lowest BCUT2D eigenvalue weighted by Gasteiger charge is -2.48. The Morgan fingerprint density at radius 2 is 2.04 bits per heavy atom. The highest BCUT2D eigenvalue weighted by Crippen LogP contribution is 2.34. The minimum Gasteiger partial charge on any atom is -0.379 e. The number of anilines is 1. The van der Waals surface area contributed by atoms with E-state index in [1.165, 1.54) is 32.1 Å². The van der Waals surface area contributed by atoms with Crippen molar-refractivity contribution in [3.05, 3.63) is 11.6 Å². The lowest BCUT2D eigenvalue weighted by molar-refractivity contribution is -0.123. The molecule has 1 N–H and O–H groups in total. The number of rotatable bonds is 5. The molecule has 0 spiro atoms. The molecule has 2 aliphatic heterocycles. The highest BCUT2D eigenvalue weighted by molar-refractivity contribution is 7.13. The minimum absolute atomic E-state index is 0.0634. The molecule has 3 fully saturated rings. The molecule has 0 bridgehead atoms. The highest BCUT2D eigenvalue weighted by Gasteiger charge is 2.40. The molecular weight excluding hydrogens is 348 g/mol. The van der Waals surface area contributed by atoms with Gasteiger partial charge in [0.05, 0.1) is 13.2 Å². The Bertz CT molecular complexity index is 582. The average molecular weight is 379 g/mol. The van der Waals surface area contributed by atoms with E-state index in [-0.39, 0.29) is 17.5 Å². The van der Waals surface area contributed by atoms with Gasteiger partial charge in [0.1, 0.15) is 6.04 Å². The molecule has 1 aromatic heterocycles. The zero-order chi connectivity index (χ0) is 17.8. The second kappa shape index (κ2) is 8.23. The number of nitrogens with one attached hydrogen (secondary N) is 1. The summed E-state index contributed by atoms with van der Waals surface area (Å²) >= 11 is 1.62. The molecule has 1 atom stereocenters. The third-order valence-corrected chi connectivity index (χ3v) is 7.09. The molecule has 26 heavy (non-hydrogen) atoms. The van der Waals surface area contributed by atoms with Crippen LogP contribution in [0, 0.1) is 0 Å². The third kappa shape index (κ3) is 3.75. The number of carbonyl (C=O) groups excluding carboxylic acids is 1. The second-order valence-electron chi connectivity index (χ2n) is 7.77. The van der Waals surface area contributed by atoms with Crippen molar-refractivity contribution in [1.82, 2.24) is 15.2 Å². The summed E-state index contributed by atoms with van der Waals surface area (Å²) in [5, 5.41) is 6.30. The second-order valence-corrected chi connectivity index (χ2v) is 8.64. The molecule has 3 aliphatic rings. The summed E-state index contributed by atoms with van der Waals surface area (Å²) < 4.78 is 5.56. The molecule has 3 heterocycles. The van der Waals surface area contributed by atoms with Crippen molar-refractivity contribution in [2.75, 3.05) is 44.3 Å². The van der Waals surface area contributed by atoms with Gasteiger partial charge in [-0.3, -0.25) is 9.69 Å². The van der Waals surface area contributed by atoms with E-state index in [2.05, 4.69) is 20.1 Å². The van der Waals surface area contributed by atoms with E-state index in [0.717, 1.165) is 57.4 Å². The fraction of sp³-hybridized carbons (Fsp3) is 0.789. The van der Waals surface area contributed by atoms with Crippen LogP contribution in [0.5, 0.6) is 0 Å². The molecule has 0 aromatic carbocycles. The summed E-state index contributed by atoms with van der Waals surface area (Å²) in [4.78, 5) is 22.2. The van der Waals surface area contributed by atoms with Crippen LogP contribution >= 0.6 is 11.3 Å². The van der Waals surface area contributed by atoms with Gasteiger partial charge in [0.15, 0.2) is 5.13 Å². The van der Waals surface area contributed by atoms with Crippen LogP contribution in [0.15, 0.2) is 11.6 Å². The SMILES string of the molecule is O=C(NCC1(N2CCOCC2)CCCCC1)C1CCCN1c1nccs1. The summed E-state index contributed by atoms with van der Waals surface area (Å²) in [6.45, 7) is 5.32. The molecule has 4 rings (SSSR count). The highest BCUT2D eigenvalue weighted by atomic mass is 32.1. The number of thiazole rings is 1. The van der Waals surface area contributed by atoms with Crippen LogP contribution < -0.4 is 10.2 Å². The molecule has 0 radical (unpaired) electrons. The zero-order valence-electron chi connectivity index (χ0n) is 15.5. The first-order chi connectivity index (χ1) is 12.8. The number of ether oxygens (including phenoxy) is 1. The molecular formula is C19H30N4O2S. The molecule has 144 valence electrons. The number of amides is 1. The Kier molecular flexibility index (Phi) is 5.76. The predicted molar refractivity (Wildman–Crippen MR) is 104 cm³/mol. The summed E-state index contributed by atoms with van der Waals surface area (Å²) in [5.41, 5.74) is 0.127. The fourth-order valence-electron chi connectivity index (χ4n) is 4.85. The number of hydrogen-bond acceptors (Lipinski definition) is 6. The van der Waals surface area contributed by atoms with Gasteiger partial charge in [-0.05, 0) is 25.7 Å². The Balaban J connectivity index is 1.41. The van der Waals surface area contributed by atoms with Crippen molar-refractivity contribution >= 4 is 22.4 Å². The topological polar surface area (TPSA) is 57.7 Å². The predicted octanol–water partition coefficient (Wildman–Crippen LogP) is 2.26. The first-order valence-corrected chi connectivity index (χ1v) is 10.9. The van der Waals surface area contributed by atoms with Gasteiger partial charge in [-0.2, -0.15) is 0 Å². The minimum atomic E-state index is -0.0634. The maximum atomic E-state index is 13.0. The van der Waals surface area contributed by atoms with Crippen molar-refractivity contribution in [3.8, 4) is 0 Å². The van der Waals surface area contributed by atoms with E-state index in [4.69, 9.17) is 4.74 Å². The van der Waals surface area contributed by atoms with Gasteiger partial charge in [0.25, 0.3) is 0 Å². The summed E-state index contributed by atoms with van der Waals surface area (Å²) in [7, 11) is 0. The van der Waals surface area contributed by atoms with Crippen molar-refractivity contribution in [2.45, 2.75) is 56.5 Å². The molecule has 2 saturated heterocycles. The average Bonchev–Trinajstić information content (AvgIpc) is 3.39. The normalized spacial score (nSPS) is 26.8. The molecule has 1 saturated carbocycles. The van der Waals surface area contributed by atoms with Crippen molar-refractivity contribution in [3.63, 3.8) is 0 Å². The van der Waals surface area contributed by atoms with Gasteiger partial charge in [-0.15, -0.1) is 11.3 Å². The van der Waals surface area contributed by atoms with E-state index in [1.54, 1.807) is 11.3 Å². The van der Waals surface area contributed by atoms with Crippen LogP contribution in [0.3, 0.4) is 0 Å². The molecule has 6 nitrogen and oxygen atoms in total. The Hall–Kier alpha value is -1.18. The summed E-state index contributed by atoms with van der Waals surface area (Å²) in [6, 6.07) is -0.0634. The maximum absolute atomic E-state index is 13.0. The quantitative estimate of drug-likeness (QED) is 0.852. The third-order valence-electron chi connectivity index (χ3n) is 6.28. The Morgan fingerprint density at radius 3 is 2.77 bits per heavy atom. The lowest BCUT2D eigenvalue weighted by atomic mass is 9.79. The van der Waals surface area contributed by atoms with E-state index in [1.807, 2.05) is 11.6 Å². The number of morpholine rings is 1. The number of nitrogens with zero attached hydrogens (tertiary/aromatic N) is 3. The molecule has 1 amide bonds. The van der Waals surface area contributed by atoms with Crippen LogP contribution in [0.4, 0.5) is 5.13 Å². The Morgan fingerprint density at radius 1 is 1.23 bits per heavy atom. The van der Waals surface area contributed by atoms with Gasteiger partial charge in [0, 0.05) is 43.3 Å². The van der Waals surface area contributed by atoms with Crippen LogP contribution in [0.25, 0.3) is 0 Å². The largest absolute Gasteiger partial charge is 0.379 e. The van der Waals surface area contributed by atoms with E-state index < -0.39 is 0 Å².